The number of hydrogen-bond acceptors (Lipinski definition) is 2. The Labute approximate surface area is 321 Å². The van der Waals surface area contributed by atoms with E-state index >= 15 is 0 Å². The first-order valence-electron chi connectivity index (χ1n) is 21.1. The summed E-state index contributed by atoms with van der Waals surface area (Å²) in [5.41, 5.74) is 22.0. The van der Waals surface area contributed by atoms with Gasteiger partial charge in [-0.1, -0.05) is 105 Å². The van der Waals surface area contributed by atoms with Crippen molar-refractivity contribution >= 4 is 22.8 Å². The Hall–Kier alpha value is -2.39. The van der Waals surface area contributed by atoms with Gasteiger partial charge >= 0.3 is 51.9 Å². The number of hydrogen-bond donors (Lipinski definition) is 2. The topological polar surface area (TPSA) is 49.4 Å². The van der Waals surface area contributed by atoms with Crippen LogP contribution in [0.25, 0.3) is 16.9 Å². The van der Waals surface area contributed by atoms with Gasteiger partial charge in [-0.15, -0.1) is 0 Å². The van der Waals surface area contributed by atoms with Crippen LogP contribution in [0, 0.1) is 0 Å². The van der Waals surface area contributed by atoms with Crippen LogP contribution in [0.1, 0.15) is 180 Å². The molecule has 4 nitrogen and oxygen atoms in total. The van der Waals surface area contributed by atoms with Gasteiger partial charge in [0.1, 0.15) is 0 Å². The number of anilines is 2. The Balaban J connectivity index is 0.00000116. The van der Waals surface area contributed by atoms with Crippen LogP contribution in [0.2, 0.25) is 10.8 Å². The van der Waals surface area contributed by atoms with Gasteiger partial charge in [-0.25, -0.2) is 4.70 Å². The minimum atomic E-state index is 0.882. The Morgan fingerprint density at radius 2 is 1.00 bits per heavy atom. The maximum atomic E-state index is 11.8. The van der Waals surface area contributed by atoms with Crippen molar-refractivity contribution in [2.45, 2.75) is 181 Å². The van der Waals surface area contributed by atoms with E-state index in [9.17, 15) is 5.53 Å². The molecule has 0 saturated heterocycles. The number of benzene rings is 2. The van der Waals surface area contributed by atoms with E-state index in [0.717, 1.165) is 79.1 Å². The summed E-state index contributed by atoms with van der Waals surface area (Å²) in [6.45, 7) is 17.7. The van der Waals surface area contributed by atoms with Gasteiger partial charge in [0, 0.05) is 47.2 Å². The first-order chi connectivity index (χ1) is 25.0. The molecule has 0 atom stereocenters. The van der Waals surface area contributed by atoms with E-state index in [-0.39, 0.29) is 0 Å². The molecule has 0 amide bonds. The summed E-state index contributed by atoms with van der Waals surface area (Å²) in [7, 11) is 0. The molecule has 0 unspecified atom stereocenters. The molecular formula is C46H76N4Ni. The molecule has 1 heterocycles. The summed E-state index contributed by atoms with van der Waals surface area (Å²) in [6, 6.07) is 13.5. The number of aryl methyl sites for hydroxylation is 2. The van der Waals surface area contributed by atoms with Crippen molar-refractivity contribution in [2.24, 2.45) is 0 Å². The molecule has 2 N–H and O–H groups in total. The van der Waals surface area contributed by atoms with Crippen LogP contribution >= 0.6 is 0 Å². The average molecular weight is 744 g/mol. The fourth-order valence-corrected chi connectivity index (χ4v) is 7.43. The summed E-state index contributed by atoms with van der Waals surface area (Å²) in [4.78, 5) is 0. The molecule has 0 aliphatic carbocycles. The third-order valence-electron chi connectivity index (χ3n) is 9.48. The second-order valence-corrected chi connectivity index (χ2v) is 15.7. The molecule has 0 aromatic heterocycles. The molecule has 2 aromatic rings. The van der Waals surface area contributed by atoms with Crippen molar-refractivity contribution in [2.75, 3.05) is 23.7 Å². The van der Waals surface area contributed by atoms with E-state index in [2.05, 4.69) is 102 Å². The normalized spacial score (nSPS) is 12.7. The van der Waals surface area contributed by atoms with Crippen molar-refractivity contribution in [3.63, 3.8) is 0 Å². The fraction of sp³-hybridized carbons (Fsp3) is 0.652. The third-order valence-corrected chi connectivity index (χ3v) is 11.2. The average Bonchev–Trinajstić information content (AvgIpc) is 3.48. The van der Waals surface area contributed by atoms with Gasteiger partial charge in [-0.2, -0.15) is 0 Å². The first kappa shape index (κ1) is 44.8. The van der Waals surface area contributed by atoms with Crippen LogP contribution < -0.4 is 10.6 Å². The zero-order chi connectivity index (χ0) is 37.1. The van der Waals surface area contributed by atoms with Crippen molar-refractivity contribution in [3.05, 3.63) is 75.8 Å². The van der Waals surface area contributed by atoms with E-state index in [1.165, 1.54) is 122 Å². The number of nitrogens with one attached hydrogen (secondary N) is 2. The molecule has 0 radical (unpaired) electrons. The molecule has 0 spiro atoms. The van der Waals surface area contributed by atoms with Gasteiger partial charge in [-0.05, 0) is 86.1 Å². The second-order valence-electron chi connectivity index (χ2n) is 14.2. The molecule has 0 bridgehead atoms. The molecule has 5 heteroatoms. The summed E-state index contributed by atoms with van der Waals surface area (Å²) in [5.74, 6) is 0. The monoisotopic (exact) mass is 743 g/mol. The Bertz CT molecular complexity index is 1310. The van der Waals surface area contributed by atoms with Gasteiger partial charge in [-0.3, -0.25) is 0 Å². The molecule has 0 saturated carbocycles. The second kappa shape index (κ2) is 28.2. The quantitative estimate of drug-likeness (QED) is 0.0544. The van der Waals surface area contributed by atoms with E-state index < -0.39 is 0 Å². The van der Waals surface area contributed by atoms with Gasteiger partial charge in [0.25, 0.3) is 0 Å². The molecule has 0 fully saturated rings. The zero-order valence-corrected chi connectivity index (χ0v) is 35.0. The van der Waals surface area contributed by atoms with E-state index in [1.807, 2.05) is 14.4 Å². The van der Waals surface area contributed by atoms with Crippen molar-refractivity contribution < 1.29 is 19.1 Å². The van der Waals surface area contributed by atoms with Gasteiger partial charge < -0.3 is 16.2 Å². The Kier molecular flexibility index (Phi) is 24.7. The summed E-state index contributed by atoms with van der Waals surface area (Å²) >= 11 is 1.90. The predicted octanol–water partition coefficient (Wildman–Crippen LogP) is 15.1. The molecule has 1 aliphatic rings. The van der Waals surface area contributed by atoms with E-state index in [0.29, 0.717) is 0 Å². The van der Waals surface area contributed by atoms with E-state index in [4.69, 9.17) is 0 Å². The van der Waals surface area contributed by atoms with Crippen LogP contribution in [-0.4, -0.2) is 17.8 Å². The van der Waals surface area contributed by atoms with E-state index in [1.54, 1.807) is 0 Å². The van der Waals surface area contributed by atoms with Crippen LogP contribution in [0.4, 0.5) is 11.4 Å². The molecule has 290 valence electrons. The minimum absolute atomic E-state index is 0.882. The molecule has 51 heavy (non-hydrogen) atoms. The molecule has 1 aliphatic heterocycles. The standard InChI is InChI=1S/C40H62N4.2C3H7.Ni/c1-6-11-14-16-18-20-23-42-37-27-32(9-4)25-35(29-37)39-31-34(22-13-8-3)40(44(39)41)36-26-33(10-5)28-38(30-36)43-24-21-19-17-15-12-7-2;2*1-3-2;/h25-31,42-43H,6-24H2,1-5H3;2*1,3H2,2H3;. The van der Waals surface area contributed by atoms with Crippen molar-refractivity contribution in [1.82, 2.24) is 0 Å². The summed E-state index contributed by atoms with van der Waals surface area (Å²) in [6.07, 6.45) is 25.6. The van der Waals surface area contributed by atoms with Gasteiger partial charge in [0.15, 0.2) is 0 Å². The zero-order valence-electron chi connectivity index (χ0n) is 34.0. The summed E-state index contributed by atoms with van der Waals surface area (Å²) in [5, 5.41) is 10.1. The van der Waals surface area contributed by atoms with Crippen LogP contribution in [-0.2, 0) is 27.3 Å². The molecule has 2 aromatic carbocycles. The van der Waals surface area contributed by atoms with Crippen LogP contribution in [0.5, 0.6) is 0 Å². The third kappa shape index (κ3) is 17.3. The van der Waals surface area contributed by atoms with Gasteiger partial charge in [0.05, 0.1) is 0 Å². The van der Waals surface area contributed by atoms with Crippen molar-refractivity contribution in [1.29, 1.82) is 0 Å². The van der Waals surface area contributed by atoms with Crippen LogP contribution in [0.3, 0.4) is 0 Å². The SMILES string of the molecule is CCCCCCCCNc1cc(CC)cc(C2=CC(CCCC)=C(c3cc(CC)cc(NCCCCCCCC)c3)[N+]2=[N-])c1.CC[CH2][Ni][CH2]CC. The maximum absolute atomic E-state index is 11.8. The van der Waals surface area contributed by atoms with Crippen molar-refractivity contribution in [3.8, 4) is 0 Å². The molecule has 3 rings (SSSR count). The van der Waals surface area contributed by atoms with Gasteiger partial charge in [0.2, 0.25) is 11.4 Å². The fourth-order valence-electron chi connectivity index (χ4n) is 6.48. The van der Waals surface area contributed by atoms with Crippen LogP contribution in [0.15, 0.2) is 48.0 Å². The Morgan fingerprint density at radius 1 is 0.529 bits per heavy atom. The Morgan fingerprint density at radius 3 is 1.49 bits per heavy atom. The first-order valence-corrected chi connectivity index (χ1v) is 22.5. The number of nitrogens with zero attached hydrogens (tertiary/aromatic N) is 2. The predicted molar refractivity (Wildman–Crippen MR) is 224 cm³/mol. The number of unbranched alkanes of at least 4 members (excludes halogenated alkanes) is 11. The number of rotatable bonds is 27. The molecular weight excluding hydrogens is 667 g/mol. The number of allylic oxidation sites excluding steroid dienone is 2. The summed E-state index contributed by atoms with van der Waals surface area (Å²) < 4.78 is 1.48.